The summed E-state index contributed by atoms with van der Waals surface area (Å²) in [7, 11) is 3.42. The Labute approximate surface area is 213 Å². The molecule has 2 aromatic carbocycles. The Morgan fingerprint density at radius 1 is 1.03 bits per heavy atom. The number of halogens is 1. The molecule has 36 heavy (non-hydrogen) atoms. The fourth-order valence-corrected chi connectivity index (χ4v) is 4.88. The summed E-state index contributed by atoms with van der Waals surface area (Å²) in [4.78, 5) is 46.8. The molecule has 0 atom stereocenters. The van der Waals surface area contributed by atoms with E-state index in [1.54, 1.807) is 47.5 Å². The van der Waals surface area contributed by atoms with Crippen LogP contribution in [0.25, 0.3) is 16.7 Å². The van der Waals surface area contributed by atoms with Crippen molar-refractivity contribution in [2.24, 2.45) is 19.1 Å². The maximum atomic E-state index is 12.7. The summed E-state index contributed by atoms with van der Waals surface area (Å²) >= 11 is 3.42. The number of imidazole rings is 1. The summed E-state index contributed by atoms with van der Waals surface area (Å²) < 4.78 is 5.02. The largest absolute Gasteiger partial charge is 0.493 e. The Kier molecular flexibility index (Phi) is 5.95. The van der Waals surface area contributed by atoms with Gasteiger partial charge < -0.3 is 10.0 Å². The predicted octanol–water partition coefficient (Wildman–Crippen LogP) is 2.84. The zero-order valence-electron chi connectivity index (χ0n) is 20.1. The number of aromatic hydroxyl groups is 1. The number of fused-ring (bicyclic) bond motifs is 1. The summed E-state index contributed by atoms with van der Waals surface area (Å²) in [5.41, 5.74) is 2.34. The van der Waals surface area contributed by atoms with Gasteiger partial charge in [-0.1, -0.05) is 15.9 Å². The highest BCUT2D eigenvalue weighted by atomic mass is 79.9. The molecule has 3 heterocycles. The van der Waals surface area contributed by atoms with E-state index in [1.165, 1.54) is 6.21 Å². The van der Waals surface area contributed by atoms with E-state index in [2.05, 4.69) is 30.8 Å². The van der Waals surface area contributed by atoms with Crippen LogP contribution in [0.5, 0.6) is 5.88 Å². The molecule has 2 N–H and O–H groups in total. The molecule has 0 aliphatic carbocycles. The van der Waals surface area contributed by atoms with E-state index in [0.717, 1.165) is 51.7 Å². The Morgan fingerprint density at radius 3 is 2.36 bits per heavy atom. The molecule has 2 aromatic heterocycles. The van der Waals surface area contributed by atoms with Crippen molar-refractivity contribution >= 4 is 44.6 Å². The van der Waals surface area contributed by atoms with Gasteiger partial charge in [0.05, 0.1) is 28.1 Å². The summed E-state index contributed by atoms with van der Waals surface area (Å²) in [5, 5.41) is 11.0. The van der Waals surface area contributed by atoms with Gasteiger partial charge in [0.15, 0.2) is 0 Å². The second kappa shape index (κ2) is 8.98. The average Bonchev–Trinajstić information content (AvgIpc) is 3.45. The van der Waals surface area contributed by atoms with E-state index in [0.29, 0.717) is 16.9 Å². The van der Waals surface area contributed by atoms with Crippen LogP contribution in [0.1, 0.15) is 24.0 Å². The molecule has 1 fully saturated rings. The van der Waals surface area contributed by atoms with Gasteiger partial charge in [-0.25, -0.2) is 14.2 Å². The maximum absolute atomic E-state index is 12.7. The molecule has 5 rings (SSSR count). The zero-order chi connectivity index (χ0) is 25.7. The first-order valence-corrected chi connectivity index (χ1v) is 12.3. The first-order valence-electron chi connectivity index (χ1n) is 11.5. The van der Waals surface area contributed by atoms with Crippen LogP contribution in [0, 0.1) is 6.92 Å². The molecule has 4 aromatic rings. The minimum absolute atomic E-state index is 0.149. The summed E-state index contributed by atoms with van der Waals surface area (Å²) in [6.07, 6.45) is 3.36. The van der Waals surface area contributed by atoms with Crippen LogP contribution in [-0.2, 0) is 14.1 Å². The smallest absolute Gasteiger partial charge is 0.335 e. The van der Waals surface area contributed by atoms with Gasteiger partial charge in [0, 0.05) is 37.9 Å². The Hall–Kier alpha value is -3.86. The first-order chi connectivity index (χ1) is 17.2. The second-order valence-corrected chi connectivity index (χ2v) is 9.80. The summed E-state index contributed by atoms with van der Waals surface area (Å²) in [5.74, 6) is -0.509. The van der Waals surface area contributed by atoms with Gasteiger partial charge in [0.2, 0.25) is 5.88 Å². The lowest BCUT2D eigenvalue weighted by molar-refractivity contribution is 0.430. The monoisotopic (exact) mass is 552 g/mol. The molecule has 1 aliphatic heterocycles. The minimum Gasteiger partial charge on any atom is -0.493 e. The number of nitrogens with one attached hydrogen (secondary N) is 1. The molecular formula is C25H25BrN6O4. The van der Waals surface area contributed by atoms with Crippen molar-refractivity contribution in [3.8, 4) is 11.6 Å². The van der Waals surface area contributed by atoms with Gasteiger partial charge in [-0.2, -0.15) is 0 Å². The molecule has 0 spiro atoms. The molecule has 10 nitrogen and oxygen atoms in total. The van der Waals surface area contributed by atoms with Gasteiger partial charge in [-0.05, 0) is 55.7 Å². The number of anilines is 1. The molecule has 11 heteroatoms. The number of hydrogen-bond acceptors (Lipinski definition) is 6. The molecule has 1 saturated heterocycles. The van der Waals surface area contributed by atoms with Gasteiger partial charge in [0.25, 0.3) is 5.56 Å². The number of aryl methyl sites for hydroxylation is 3. The maximum Gasteiger partial charge on any atom is 0.335 e. The lowest BCUT2D eigenvalue weighted by Crippen LogP contribution is -2.31. The number of aliphatic imine (C=N–C) groups is 1. The highest BCUT2D eigenvalue weighted by Gasteiger charge is 2.20. The van der Waals surface area contributed by atoms with Crippen LogP contribution >= 0.6 is 15.9 Å². The van der Waals surface area contributed by atoms with E-state index in [-0.39, 0.29) is 11.3 Å². The van der Waals surface area contributed by atoms with Crippen molar-refractivity contribution in [3.63, 3.8) is 0 Å². The molecule has 186 valence electrons. The molecule has 0 unspecified atom stereocenters. The zero-order valence-corrected chi connectivity index (χ0v) is 21.7. The summed E-state index contributed by atoms with van der Waals surface area (Å²) in [6, 6.07) is 8.88. The molecule has 0 saturated carbocycles. The van der Waals surface area contributed by atoms with Crippen LogP contribution < -0.4 is 21.8 Å². The number of hydrogen-bond donors (Lipinski definition) is 2. The van der Waals surface area contributed by atoms with Crippen LogP contribution in [0.15, 0.2) is 54.2 Å². The van der Waals surface area contributed by atoms with Crippen LogP contribution in [0.4, 0.5) is 11.4 Å². The van der Waals surface area contributed by atoms with Gasteiger partial charge >= 0.3 is 11.4 Å². The third-order valence-corrected chi connectivity index (χ3v) is 7.56. The number of aromatic nitrogens is 4. The van der Waals surface area contributed by atoms with Crippen molar-refractivity contribution in [3.05, 3.63) is 77.3 Å². The van der Waals surface area contributed by atoms with E-state index in [4.69, 9.17) is 0 Å². The Morgan fingerprint density at radius 2 is 1.69 bits per heavy atom. The number of nitrogens with zero attached hydrogens (tertiary/aromatic N) is 5. The summed E-state index contributed by atoms with van der Waals surface area (Å²) in [6.45, 7) is 3.57. The minimum atomic E-state index is -0.755. The van der Waals surface area contributed by atoms with E-state index < -0.39 is 17.1 Å². The molecule has 1 aliphatic rings. The molecular weight excluding hydrogens is 528 g/mol. The topological polar surface area (TPSA) is 118 Å². The van der Waals surface area contributed by atoms with E-state index >= 15 is 0 Å². The lowest BCUT2D eigenvalue weighted by Gasteiger charge is -2.20. The third-order valence-electron chi connectivity index (χ3n) is 6.67. The quantitative estimate of drug-likeness (QED) is 0.377. The predicted molar refractivity (Wildman–Crippen MR) is 144 cm³/mol. The van der Waals surface area contributed by atoms with Crippen molar-refractivity contribution in [2.45, 2.75) is 19.8 Å². The average molecular weight is 553 g/mol. The second-order valence-electron chi connectivity index (χ2n) is 8.95. The van der Waals surface area contributed by atoms with Gasteiger partial charge in [0.1, 0.15) is 5.56 Å². The Balaban J connectivity index is 1.68. The van der Waals surface area contributed by atoms with Crippen molar-refractivity contribution in [1.29, 1.82) is 0 Å². The number of H-pyrrole nitrogens is 1. The van der Waals surface area contributed by atoms with Gasteiger partial charge in [-0.3, -0.25) is 23.9 Å². The lowest BCUT2D eigenvalue weighted by atomic mass is 10.2. The first kappa shape index (κ1) is 23.9. The van der Waals surface area contributed by atoms with Crippen LogP contribution in [0.2, 0.25) is 0 Å². The number of aromatic amines is 1. The fourth-order valence-electron chi connectivity index (χ4n) is 4.63. The molecule has 0 bridgehead atoms. The highest BCUT2D eigenvalue weighted by Crippen LogP contribution is 2.35. The highest BCUT2D eigenvalue weighted by molar-refractivity contribution is 9.10. The van der Waals surface area contributed by atoms with Crippen LogP contribution in [0.3, 0.4) is 0 Å². The van der Waals surface area contributed by atoms with Crippen molar-refractivity contribution < 1.29 is 5.11 Å². The molecule has 0 radical (unpaired) electrons. The van der Waals surface area contributed by atoms with Gasteiger partial charge in [-0.15, -0.1) is 0 Å². The molecule has 0 amide bonds. The van der Waals surface area contributed by atoms with Crippen molar-refractivity contribution in [1.82, 2.24) is 18.7 Å². The number of rotatable bonds is 4. The fraction of sp³-hybridized carbons (Fsp3) is 0.280. The number of benzene rings is 2. The SMILES string of the molecule is Cc1cc(-n2c(O)c(C=Nc3cc4c(cc3N3CCCC3)n(C)c(=O)n4C)c(=O)[nH]c2=O)ccc1Br. The third kappa shape index (κ3) is 3.89. The van der Waals surface area contributed by atoms with E-state index in [1.807, 2.05) is 13.0 Å². The van der Waals surface area contributed by atoms with Crippen LogP contribution in [-0.4, -0.2) is 43.1 Å². The van der Waals surface area contributed by atoms with Crippen molar-refractivity contribution in [2.75, 3.05) is 18.0 Å². The normalized spacial score (nSPS) is 13.9. The van der Waals surface area contributed by atoms with E-state index in [9.17, 15) is 19.5 Å². The Bertz CT molecular complexity index is 1720. The standard InChI is InChI=1S/C25H25BrN6O4/c1-14-10-15(6-7-17(14)26)32-23(34)16(22(33)28-24(32)35)13-27-18-11-20-21(30(3)25(36)29(20)2)12-19(18)31-8-4-5-9-31/h6-7,10-13,34H,4-5,8-9H2,1-3H3,(H,28,33,35).